The summed E-state index contributed by atoms with van der Waals surface area (Å²) in [6.45, 7) is 7.96. The normalized spacial score (nSPS) is 29.4. The molecule has 0 unspecified atom stereocenters. The Hall–Kier alpha value is -1.50. The molecule has 0 aliphatic carbocycles. The third kappa shape index (κ3) is 4.98. The number of rotatable bonds is 5. The minimum Gasteiger partial charge on any atom is -0.370 e. The maximum absolute atomic E-state index is 12.6. The van der Waals surface area contributed by atoms with E-state index in [1.54, 1.807) is 4.90 Å². The fourth-order valence-corrected chi connectivity index (χ4v) is 8.70. The van der Waals surface area contributed by atoms with Gasteiger partial charge in [0.25, 0.3) is 5.24 Å². The van der Waals surface area contributed by atoms with Gasteiger partial charge in [0.1, 0.15) is 0 Å². The summed E-state index contributed by atoms with van der Waals surface area (Å²) >= 11 is 0. The van der Waals surface area contributed by atoms with E-state index in [4.69, 9.17) is 5.73 Å². The number of amides is 1. The molecule has 1 amide bonds. The molecule has 3 fully saturated rings. The topological polar surface area (TPSA) is 121 Å². The SMILES string of the molecule is C[C@@]12CN(C(=O)SS(=O)(=O)CCN)C[C@]1(C)CN(c1ccc(N3CCS(=O)(=O)CC3)cc1)C2. The van der Waals surface area contributed by atoms with Gasteiger partial charge in [0.05, 0.1) is 28.1 Å². The van der Waals surface area contributed by atoms with Crippen LogP contribution in [-0.2, 0) is 18.7 Å². The van der Waals surface area contributed by atoms with Crippen molar-refractivity contribution in [3.05, 3.63) is 24.3 Å². The number of carbonyl (C=O) groups excluding carboxylic acids is 1. The molecular weight excluding hydrogens is 484 g/mol. The van der Waals surface area contributed by atoms with Crippen LogP contribution in [-0.4, -0.2) is 90.0 Å². The van der Waals surface area contributed by atoms with Crippen LogP contribution in [0.3, 0.4) is 0 Å². The number of likely N-dealkylation sites (tertiary alicyclic amines) is 1. The first-order valence-electron chi connectivity index (χ1n) is 11.1. The molecule has 4 rings (SSSR count). The monoisotopic (exact) mass is 516 g/mol. The smallest absolute Gasteiger partial charge is 0.296 e. The van der Waals surface area contributed by atoms with Crippen molar-refractivity contribution in [1.29, 1.82) is 0 Å². The highest BCUT2D eigenvalue weighted by Gasteiger charge is 2.58. The molecule has 3 aliphatic heterocycles. The van der Waals surface area contributed by atoms with E-state index in [2.05, 4.69) is 35.8 Å². The average Bonchev–Trinajstić information content (AvgIpc) is 3.12. The lowest BCUT2D eigenvalue weighted by molar-refractivity contribution is 0.212. The van der Waals surface area contributed by atoms with Gasteiger partial charge in [-0.15, -0.1) is 0 Å². The predicted octanol–water partition coefficient (Wildman–Crippen LogP) is 1.21. The summed E-state index contributed by atoms with van der Waals surface area (Å²) in [6.07, 6.45) is 0. The van der Waals surface area contributed by atoms with E-state index >= 15 is 0 Å². The average molecular weight is 517 g/mol. The minimum atomic E-state index is -3.55. The second kappa shape index (κ2) is 8.62. The Morgan fingerprint density at radius 2 is 1.45 bits per heavy atom. The minimum absolute atomic E-state index is 0.00263. The van der Waals surface area contributed by atoms with Gasteiger partial charge in [-0.1, -0.05) is 13.8 Å². The number of nitrogens with two attached hydrogens (primary N) is 1. The quantitative estimate of drug-likeness (QED) is 0.576. The zero-order valence-electron chi connectivity index (χ0n) is 19.1. The van der Waals surface area contributed by atoms with Crippen LogP contribution in [0.15, 0.2) is 24.3 Å². The Bertz CT molecular complexity index is 1090. The van der Waals surface area contributed by atoms with Crippen molar-refractivity contribution in [2.45, 2.75) is 13.8 Å². The molecule has 0 bridgehead atoms. The molecule has 0 radical (unpaired) electrons. The number of sulfone groups is 1. The van der Waals surface area contributed by atoms with Crippen LogP contribution in [0.4, 0.5) is 16.2 Å². The lowest BCUT2D eigenvalue weighted by Gasteiger charge is -2.30. The van der Waals surface area contributed by atoms with Crippen molar-refractivity contribution >= 4 is 46.1 Å². The van der Waals surface area contributed by atoms with E-state index in [9.17, 15) is 21.6 Å². The molecule has 3 heterocycles. The number of anilines is 2. The molecule has 3 saturated heterocycles. The first-order valence-corrected chi connectivity index (χ1v) is 15.9. The molecule has 12 heteroatoms. The Kier molecular flexibility index (Phi) is 6.43. The molecule has 0 spiro atoms. The Morgan fingerprint density at radius 3 is 1.94 bits per heavy atom. The molecule has 33 heavy (non-hydrogen) atoms. The second-order valence-corrected chi connectivity index (χ2v) is 16.3. The van der Waals surface area contributed by atoms with Gasteiger partial charge in [0.2, 0.25) is 8.87 Å². The molecular formula is C21H32N4O5S3. The van der Waals surface area contributed by atoms with Crippen molar-refractivity contribution in [2.75, 3.05) is 72.9 Å². The number of hydrogen-bond donors (Lipinski definition) is 1. The standard InChI is InChI=1S/C21H32N4O5S3/c1-20-13-24(18-5-3-17(4-6-18)23-8-11-32(27,28)12-9-23)14-21(20,2)16-25(15-20)19(26)31-33(29,30)10-7-22/h3-6H,7-16,22H2,1-2H3/t20-,21+. The molecule has 3 aliphatic rings. The van der Waals surface area contributed by atoms with Gasteiger partial charge in [-0.2, -0.15) is 0 Å². The van der Waals surface area contributed by atoms with E-state index in [-0.39, 0.29) is 34.6 Å². The molecule has 0 saturated carbocycles. The van der Waals surface area contributed by atoms with Crippen molar-refractivity contribution in [1.82, 2.24) is 4.90 Å². The highest BCUT2D eigenvalue weighted by Crippen LogP contribution is 2.53. The summed E-state index contributed by atoms with van der Waals surface area (Å²) < 4.78 is 47.4. The van der Waals surface area contributed by atoms with E-state index in [0.717, 1.165) is 24.5 Å². The first-order chi connectivity index (χ1) is 15.4. The maximum atomic E-state index is 12.6. The molecule has 2 atom stereocenters. The summed E-state index contributed by atoms with van der Waals surface area (Å²) in [7, 11) is -6.07. The maximum Gasteiger partial charge on any atom is 0.296 e. The van der Waals surface area contributed by atoms with Crippen molar-refractivity contribution in [2.24, 2.45) is 16.6 Å². The summed E-state index contributed by atoms with van der Waals surface area (Å²) in [5.74, 6) is 0.181. The van der Waals surface area contributed by atoms with Gasteiger partial charge >= 0.3 is 0 Å². The number of nitrogens with zero attached hydrogens (tertiary/aromatic N) is 3. The van der Waals surface area contributed by atoms with Gasteiger partial charge in [-0.25, -0.2) is 16.8 Å². The fourth-order valence-electron chi connectivity index (χ4n) is 5.16. The van der Waals surface area contributed by atoms with Gasteiger partial charge in [0.15, 0.2) is 9.84 Å². The van der Waals surface area contributed by atoms with E-state index in [1.165, 1.54) is 0 Å². The van der Waals surface area contributed by atoms with Crippen LogP contribution >= 0.6 is 10.8 Å². The third-order valence-corrected chi connectivity index (χ3v) is 12.1. The third-order valence-electron chi connectivity index (χ3n) is 7.37. The Morgan fingerprint density at radius 1 is 0.970 bits per heavy atom. The zero-order chi connectivity index (χ0) is 24.1. The van der Waals surface area contributed by atoms with Crippen LogP contribution in [0.2, 0.25) is 0 Å². The van der Waals surface area contributed by atoms with Gasteiger partial charge in [-0.3, -0.25) is 4.79 Å². The molecule has 184 valence electrons. The Balaban J connectivity index is 1.40. The summed E-state index contributed by atoms with van der Waals surface area (Å²) in [6, 6.07) is 8.23. The first kappa shape index (κ1) is 24.6. The van der Waals surface area contributed by atoms with Gasteiger partial charge in [0, 0.05) is 68.0 Å². The van der Waals surface area contributed by atoms with Crippen LogP contribution in [0.5, 0.6) is 0 Å². The van der Waals surface area contributed by atoms with Gasteiger partial charge < -0.3 is 20.4 Å². The predicted molar refractivity (Wildman–Crippen MR) is 133 cm³/mol. The molecule has 2 N–H and O–H groups in total. The lowest BCUT2D eigenvalue weighted by Crippen LogP contribution is -2.40. The highest BCUT2D eigenvalue weighted by molar-refractivity contribution is 8.77. The second-order valence-electron chi connectivity index (χ2n) is 9.89. The molecule has 1 aromatic carbocycles. The van der Waals surface area contributed by atoms with Crippen LogP contribution in [0.25, 0.3) is 0 Å². The van der Waals surface area contributed by atoms with Gasteiger partial charge in [-0.05, 0) is 24.3 Å². The van der Waals surface area contributed by atoms with E-state index in [1.807, 2.05) is 12.1 Å². The van der Waals surface area contributed by atoms with Crippen molar-refractivity contribution < 1.29 is 21.6 Å². The Labute approximate surface area is 199 Å². The van der Waals surface area contributed by atoms with Crippen molar-refractivity contribution in [3.63, 3.8) is 0 Å². The van der Waals surface area contributed by atoms with Crippen LogP contribution in [0.1, 0.15) is 13.8 Å². The highest BCUT2D eigenvalue weighted by atomic mass is 33.1. The van der Waals surface area contributed by atoms with E-state index in [0.29, 0.717) is 37.0 Å². The largest absolute Gasteiger partial charge is 0.370 e. The molecule has 9 nitrogen and oxygen atoms in total. The zero-order valence-corrected chi connectivity index (χ0v) is 21.5. The summed E-state index contributed by atoms with van der Waals surface area (Å²) in [5, 5.41) is -0.417. The van der Waals surface area contributed by atoms with Crippen LogP contribution < -0.4 is 15.5 Å². The lowest BCUT2D eigenvalue weighted by atomic mass is 9.71. The fraction of sp³-hybridized carbons (Fsp3) is 0.667. The van der Waals surface area contributed by atoms with Crippen LogP contribution in [0, 0.1) is 10.8 Å². The molecule has 0 aromatic heterocycles. The number of fused-ring (bicyclic) bond motifs is 1. The van der Waals surface area contributed by atoms with E-state index < -0.39 is 23.9 Å². The van der Waals surface area contributed by atoms with Crippen molar-refractivity contribution in [3.8, 4) is 0 Å². The summed E-state index contributed by atoms with van der Waals surface area (Å²) in [4.78, 5) is 18.7. The summed E-state index contributed by atoms with van der Waals surface area (Å²) in [5.41, 5.74) is 7.16. The number of carbonyl (C=O) groups is 1. The number of benzene rings is 1. The number of hydrogen-bond acceptors (Lipinski definition) is 9. The molecule has 1 aromatic rings.